The molecule has 2 atom stereocenters. The van der Waals surface area contributed by atoms with Crippen LogP contribution in [0.3, 0.4) is 0 Å². The fourth-order valence-corrected chi connectivity index (χ4v) is 2.89. The SMILES string of the molecule is Cc1c(N[C@@H](C)C(C)C)cccc1C(=O)NC[C@@H](CO)Cc1cnn(C)c1. The van der Waals surface area contributed by atoms with Crippen LogP contribution in [0.2, 0.25) is 0 Å². The lowest BCUT2D eigenvalue weighted by molar-refractivity contribution is 0.0939. The fourth-order valence-electron chi connectivity index (χ4n) is 2.89. The van der Waals surface area contributed by atoms with E-state index in [-0.39, 0.29) is 18.4 Å². The van der Waals surface area contributed by atoms with Crippen LogP contribution in [-0.4, -0.2) is 40.0 Å². The molecule has 0 saturated carbocycles. The molecule has 148 valence electrons. The Morgan fingerprint density at radius 2 is 2.04 bits per heavy atom. The van der Waals surface area contributed by atoms with Gasteiger partial charge in [-0.2, -0.15) is 5.10 Å². The van der Waals surface area contributed by atoms with Crippen molar-refractivity contribution in [1.82, 2.24) is 15.1 Å². The first-order valence-electron chi connectivity index (χ1n) is 9.54. The molecular formula is C21H32N4O2. The van der Waals surface area contributed by atoms with E-state index in [9.17, 15) is 9.90 Å². The minimum atomic E-state index is -0.113. The van der Waals surface area contributed by atoms with Gasteiger partial charge in [0.15, 0.2) is 0 Å². The molecule has 6 heteroatoms. The zero-order valence-electron chi connectivity index (χ0n) is 17.0. The molecular weight excluding hydrogens is 340 g/mol. The average molecular weight is 373 g/mol. The maximum absolute atomic E-state index is 12.7. The van der Waals surface area contributed by atoms with Crippen molar-refractivity contribution in [1.29, 1.82) is 0 Å². The standard InChI is InChI=1S/C21H32N4O2/c1-14(2)16(4)24-20-8-6-7-19(15(20)3)21(27)22-10-18(13-26)9-17-11-23-25(5)12-17/h6-8,11-12,14,16,18,24,26H,9-10,13H2,1-5H3,(H,22,27)/t16-,18-/m0/s1. The zero-order chi connectivity index (χ0) is 20.0. The lowest BCUT2D eigenvalue weighted by Crippen LogP contribution is -2.32. The molecule has 0 aliphatic carbocycles. The largest absolute Gasteiger partial charge is 0.396 e. The number of aromatic nitrogens is 2. The minimum absolute atomic E-state index is 0.0155. The van der Waals surface area contributed by atoms with Gasteiger partial charge in [0.25, 0.3) is 5.91 Å². The van der Waals surface area contributed by atoms with Crippen molar-refractivity contribution in [3.8, 4) is 0 Å². The number of rotatable bonds is 9. The first-order valence-corrected chi connectivity index (χ1v) is 9.54. The van der Waals surface area contributed by atoms with Crippen LogP contribution in [-0.2, 0) is 13.5 Å². The summed E-state index contributed by atoms with van der Waals surface area (Å²) in [7, 11) is 1.86. The van der Waals surface area contributed by atoms with Gasteiger partial charge in [0, 0.05) is 49.6 Å². The van der Waals surface area contributed by atoms with Crippen molar-refractivity contribution in [2.45, 2.75) is 40.2 Å². The summed E-state index contributed by atoms with van der Waals surface area (Å²) in [6.45, 7) is 8.87. The predicted molar refractivity (Wildman–Crippen MR) is 109 cm³/mol. The van der Waals surface area contributed by atoms with E-state index in [4.69, 9.17) is 0 Å². The Labute approximate surface area is 162 Å². The van der Waals surface area contributed by atoms with E-state index in [1.165, 1.54) is 0 Å². The molecule has 0 saturated heterocycles. The highest BCUT2D eigenvalue weighted by atomic mass is 16.3. The Hall–Kier alpha value is -2.34. The third kappa shape index (κ3) is 5.82. The van der Waals surface area contributed by atoms with Crippen molar-refractivity contribution in [2.75, 3.05) is 18.5 Å². The molecule has 1 aromatic heterocycles. The second-order valence-corrected chi connectivity index (χ2v) is 7.64. The summed E-state index contributed by atoms with van der Waals surface area (Å²) < 4.78 is 1.74. The van der Waals surface area contributed by atoms with E-state index < -0.39 is 0 Å². The Morgan fingerprint density at radius 1 is 1.30 bits per heavy atom. The smallest absolute Gasteiger partial charge is 0.251 e. The number of aliphatic hydroxyl groups is 1. The first-order chi connectivity index (χ1) is 12.8. The molecule has 0 aliphatic heterocycles. The number of carbonyl (C=O) groups excluding carboxylic acids is 1. The van der Waals surface area contributed by atoms with Gasteiger partial charge in [0.1, 0.15) is 0 Å². The number of hydrogen-bond donors (Lipinski definition) is 3. The summed E-state index contributed by atoms with van der Waals surface area (Å²) in [5.41, 5.74) is 3.64. The normalized spacial score (nSPS) is 13.4. The zero-order valence-corrected chi connectivity index (χ0v) is 17.0. The van der Waals surface area contributed by atoms with Gasteiger partial charge in [-0.25, -0.2) is 0 Å². The van der Waals surface area contributed by atoms with E-state index in [1.807, 2.05) is 38.4 Å². The van der Waals surface area contributed by atoms with E-state index in [2.05, 4.69) is 36.5 Å². The van der Waals surface area contributed by atoms with E-state index in [1.54, 1.807) is 10.9 Å². The second kappa shape index (κ2) is 9.55. The monoisotopic (exact) mass is 372 g/mol. The van der Waals surface area contributed by atoms with Crippen molar-refractivity contribution < 1.29 is 9.90 Å². The highest BCUT2D eigenvalue weighted by molar-refractivity contribution is 5.97. The number of aryl methyl sites for hydroxylation is 1. The van der Waals surface area contributed by atoms with Crippen molar-refractivity contribution in [3.63, 3.8) is 0 Å². The van der Waals surface area contributed by atoms with Gasteiger partial charge >= 0.3 is 0 Å². The van der Waals surface area contributed by atoms with Crippen LogP contribution in [0.5, 0.6) is 0 Å². The van der Waals surface area contributed by atoms with Crippen LogP contribution in [0.15, 0.2) is 30.6 Å². The third-order valence-corrected chi connectivity index (χ3v) is 5.05. The highest BCUT2D eigenvalue weighted by Gasteiger charge is 2.16. The van der Waals surface area contributed by atoms with Gasteiger partial charge < -0.3 is 15.7 Å². The van der Waals surface area contributed by atoms with Crippen LogP contribution in [0.1, 0.15) is 42.3 Å². The molecule has 1 aromatic carbocycles. The van der Waals surface area contributed by atoms with Gasteiger partial charge in [0.05, 0.1) is 6.20 Å². The van der Waals surface area contributed by atoms with E-state index in [0.717, 1.165) is 16.8 Å². The lowest BCUT2D eigenvalue weighted by atomic mass is 10.0. The van der Waals surface area contributed by atoms with Gasteiger partial charge in [0.2, 0.25) is 0 Å². The van der Waals surface area contributed by atoms with Crippen molar-refractivity contribution in [3.05, 3.63) is 47.3 Å². The molecule has 0 radical (unpaired) electrons. The van der Waals surface area contributed by atoms with Crippen LogP contribution >= 0.6 is 0 Å². The molecule has 0 bridgehead atoms. The van der Waals surface area contributed by atoms with E-state index in [0.29, 0.717) is 30.5 Å². The van der Waals surface area contributed by atoms with Gasteiger partial charge in [-0.15, -0.1) is 0 Å². The predicted octanol–water partition coefficient (Wildman–Crippen LogP) is 2.77. The number of anilines is 1. The summed E-state index contributed by atoms with van der Waals surface area (Å²) in [5, 5.41) is 20.2. The molecule has 1 amide bonds. The lowest BCUT2D eigenvalue weighted by Gasteiger charge is -2.21. The Morgan fingerprint density at radius 3 is 2.63 bits per heavy atom. The van der Waals surface area contributed by atoms with Gasteiger partial charge in [-0.05, 0) is 49.4 Å². The fraction of sp³-hybridized carbons (Fsp3) is 0.524. The summed E-state index contributed by atoms with van der Waals surface area (Å²) in [4.78, 5) is 12.7. The number of hydrogen-bond acceptors (Lipinski definition) is 4. The summed E-state index contributed by atoms with van der Waals surface area (Å²) in [5.74, 6) is 0.346. The summed E-state index contributed by atoms with van der Waals surface area (Å²) in [6, 6.07) is 6.06. The van der Waals surface area contributed by atoms with Crippen LogP contribution in [0.25, 0.3) is 0 Å². The molecule has 0 spiro atoms. The van der Waals surface area contributed by atoms with Gasteiger partial charge in [-0.3, -0.25) is 9.48 Å². The topological polar surface area (TPSA) is 79.2 Å². The van der Waals surface area contributed by atoms with Crippen LogP contribution < -0.4 is 10.6 Å². The number of carbonyl (C=O) groups is 1. The molecule has 2 rings (SSSR count). The van der Waals surface area contributed by atoms with Crippen molar-refractivity contribution in [2.24, 2.45) is 18.9 Å². The number of nitrogens with one attached hydrogen (secondary N) is 2. The quantitative estimate of drug-likeness (QED) is 0.632. The Kier molecular flexibility index (Phi) is 7.42. The summed E-state index contributed by atoms with van der Waals surface area (Å²) >= 11 is 0. The minimum Gasteiger partial charge on any atom is -0.396 e. The van der Waals surface area contributed by atoms with Crippen LogP contribution in [0.4, 0.5) is 5.69 Å². The number of benzene rings is 1. The molecule has 2 aromatic rings. The number of amides is 1. The third-order valence-electron chi connectivity index (χ3n) is 5.05. The Balaban J connectivity index is 2.00. The van der Waals surface area contributed by atoms with E-state index >= 15 is 0 Å². The summed E-state index contributed by atoms with van der Waals surface area (Å²) in [6.07, 6.45) is 4.40. The molecule has 0 unspecified atom stereocenters. The molecule has 0 fully saturated rings. The molecule has 1 heterocycles. The average Bonchev–Trinajstić information content (AvgIpc) is 3.04. The Bertz CT molecular complexity index is 754. The number of aliphatic hydroxyl groups excluding tert-OH is 1. The molecule has 27 heavy (non-hydrogen) atoms. The second-order valence-electron chi connectivity index (χ2n) is 7.64. The number of nitrogens with zero attached hydrogens (tertiary/aromatic N) is 2. The molecule has 0 aliphatic rings. The van der Waals surface area contributed by atoms with Gasteiger partial charge in [-0.1, -0.05) is 19.9 Å². The maximum Gasteiger partial charge on any atom is 0.251 e. The highest BCUT2D eigenvalue weighted by Crippen LogP contribution is 2.21. The molecule has 3 N–H and O–H groups in total. The molecule has 6 nitrogen and oxygen atoms in total. The maximum atomic E-state index is 12.7. The first kappa shape index (κ1) is 21.0. The van der Waals surface area contributed by atoms with Crippen LogP contribution in [0, 0.1) is 18.8 Å². The van der Waals surface area contributed by atoms with Crippen molar-refractivity contribution >= 4 is 11.6 Å².